The van der Waals surface area contributed by atoms with Gasteiger partial charge in [0.2, 0.25) is 0 Å². The van der Waals surface area contributed by atoms with Gasteiger partial charge in [-0.25, -0.2) is 0 Å². The van der Waals surface area contributed by atoms with Gasteiger partial charge in [0.15, 0.2) is 0 Å². The molecule has 4 nitrogen and oxygen atoms in total. The fourth-order valence-corrected chi connectivity index (χ4v) is 8.32. The van der Waals surface area contributed by atoms with Crippen LogP contribution in [0.4, 0.5) is 0 Å². The molecular weight excluding hydrogens is 348 g/mol. The Bertz CT molecular complexity index is 618. The van der Waals surface area contributed by atoms with E-state index in [1.165, 1.54) is 44.2 Å². The molecule has 0 aliphatic heterocycles. The van der Waals surface area contributed by atoms with E-state index in [-0.39, 0.29) is 16.9 Å². The monoisotopic (exact) mass is 390 g/mol. The first-order valence-electron chi connectivity index (χ1n) is 11.8. The molecule has 0 amide bonds. The summed E-state index contributed by atoms with van der Waals surface area (Å²) >= 11 is 0. The normalized spacial score (nSPS) is 48.6. The van der Waals surface area contributed by atoms with E-state index in [0.717, 1.165) is 37.0 Å². The standard InChI is InChI=1S/C24H42N2O2/c1-22(2)19-8-6-16-17-7-9-21(27)24(17,4)12-10-18(16)23(19,3)13-11-20(22)26-28-15-5-14-25/h16-19,21,27H,5-15,25H2,1-4H3/b26-20+/t16-,17-,18-,19?,21-,23+,24-/m0/s1. The predicted molar refractivity (Wildman–Crippen MR) is 114 cm³/mol. The highest BCUT2D eigenvalue weighted by molar-refractivity contribution is 5.90. The van der Waals surface area contributed by atoms with E-state index in [9.17, 15) is 5.11 Å². The molecule has 7 atom stereocenters. The molecule has 1 unspecified atom stereocenters. The van der Waals surface area contributed by atoms with Crippen LogP contribution >= 0.6 is 0 Å². The zero-order valence-corrected chi connectivity index (χ0v) is 18.5. The summed E-state index contributed by atoms with van der Waals surface area (Å²) in [5, 5.41) is 15.3. The molecule has 0 heterocycles. The Morgan fingerprint density at radius 1 is 1.00 bits per heavy atom. The second-order valence-corrected chi connectivity index (χ2v) is 11.4. The molecule has 4 heteroatoms. The number of oxime groups is 1. The Kier molecular flexibility index (Phi) is 5.36. The Morgan fingerprint density at radius 2 is 1.75 bits per heavy atom. The number of nitrogens with two attached hydrogens (primary N) is 1. The number of nitrogens with zero attached hydrogens (tertiary/aromatic N) is 1. The van der Waals surface area contributed by atoms with Crippen molar-refractivity contribution in [2.24, 2.45) is 50.8 Å². The molecule has 4 saturated carbocycles. The molecule has 0 radical (unpaired) electrons. The van der Waals surface area contributed by atoms with Gasteiger partial charge in [0.25, 0.3) is 0 Å². The summed E-state index contributed by atoms with van der Waals surface area (Å²) in [6.07, 6.45) is 10.5. The zero-order chi connectivity index (χ0) is 20.2. The van der Waals surface area contributed by atoms with Crippen molar-refractivity contribution >= 4 is 5.71 Å². The fourth-order valence-electron chi connectivity index (χ4n) is 8.32. The third kappa shape index (κ3) is 2.96. The molecule has 28 heavy (non-hydrogen) atoms. The van der Waals surface area contributed by atoms with Crippen LogP contribution in [-0.4, -0.2) is 30.1 Å². The van der Waals surface area contributed by atoms with Crippen LogP contribution in [-0.2, 0) is 4.84 Å². The minimum absolute atomic E-state index is 0.0730. The number of hydrogen-bond acceptors (Lipinski definition) is 4. The summed E-state index contributed by atoms with van der Waals surface area (Å²) in [4.78, 5) is 5.63. The lowest BCUT2D eigenvalue weighted by Crippen LogP contribution is -2.58. The molecule has 0 saturated heterocycles. The van der Waals surface area contributed by atoms with Gasteiger partial charge in [-0.1, -0.05) is 32.9 Å². The SMILES string of the molecule is CC1(C)/C(=N/OCCCN)CC[C@@]2(C)C1CC[C@H]1[C@@H]3CC[C@H](O)[C@@]3(C)CC[C@@H]12. The van der Waals surface area contributed by atoms with Gasteiger partial charge in [0.05, 0.1) is 11.8 Å². The smallest absolute Gasteiger partial charge is 0.118 e. The highest BCUT2D eigenvalue weighted by atomic mass is 16.6. The average Bonchev–Trinajstić information content (AvgIpc) is 2.95. The minimum Gasteiger partial charge on any atom is -0.396 e. The van der Waals surface area contributed by atoms with Crippen LogP contribution in [0.15, 0.2) is 5.16 Å². The summed E-state index contributed by atoms with van der Waals surface area (Å²) in [5.41, 5.74) is 7.53. The van der Waals surface area contributed by atoms with Crippen LogP contribution < -0.4 is 5.73 Å². The first kappa shape index (κ1) is 20.7. The molecule has 0 aromatic heterocycles. The van der Waals surface area contributed by atoms with Crippen molar-refractivity contribution in [3.8, 4) is 0 Å². The van der Waals surface area contributed by atoms with Crippen LogP contribution in [0.2, 0.25) is 0 Å². The van der Waals surface area contributed by atoms with Crippen LogP contribution in [0, 0.1) is 39.9 Å². The molecule has 4 aliphatic rings. The maximum Gasteiger partial charge on any atom is 0.118 e. The minimum atomic E-state index is -0.0730. The van der Waals surface area contributed by atoms with Crippen molar-refractivity contribution in [2.45, 2.75) is 91.6 Å². The lowest BCUT2D eigenvalue weighted by molar-refractivity contribution is -0.131. The third-order valence-electron chi connectivity index (χ3n) is 9.95. The van der Waals surface area contributed by atoms with Gasteiger partial charge in [-0.05, 0) is 98.8 Å². The number of hydrogen-bond donors (Lipinski definition) is 2. The Hall–Kier alpha value is -0.610. The van der Waals surface area contributed by atoms with E-state index in [4.69, 9.17) is 10.6 Å². The molecule has 0 aromatic carbocycles. The van der Waals surface area contributed by atoms with Gasteiger partial charge in [-0.15, -0.1) is 0 Å². The van der Waals surface area contributed by atoms with E-state index in [2.05, 4.69) is 32.9 Å². The largest absolute Gasteiger partial charge is 0.396 e. The molecule has 0 bridgehead atoms. The quantitative estimate of drug-likeness (QED) is 0.538. The van der Waals surface area contributed by atoms with Crippen LogP contribution in [0.3, 0.4) is 0 Å². The van der Waals surface area contributed by atoms with Crippen molar-refractivity contribution in [3.63, 3.8) is 0 Å². The van der Waals surface area contributed by atoms with Gasteiger partial charge in [0.1, 0.15) is 6.61 Å². The van der Waals surface area contributed by atoms with E-state index in [0.29, 0.717) is 24.5 Å². The maximum absolute atomic E-state index is 10.7. The fraction of sp³-hybridized carbons (Fsp3) is 0.958. The Labute approximate surface area is 171 Å². The summed E-state index contributed by atoms with van der Waals surface area (Å²) in [7, 11) is 0. The molecule has 160 valence electrons. The first-order chi connectivity index (χ1) is 13.2. The van der Waals surface area contributed by atoms with Crippen LogP contribution in [0.5, 0.6) is 0 Å². The van der Waals surface area contributed by atoms with Gasteiger partial charge >= 0.3 is 0 Å². The summed E-state index contributed by atoms with van der Waals surface area (Å²) < 4.78 is 0. The predicted octanol–water partition coefficient (Wildman–Crippen LogP) is 4.75. The van der Waals surface area contributed by atoms with E-state index >= 15 is 0 Å². The van der Waals surface area contributed by atoms with Crippen LogP contribution in [0.25, 0.3) is 0 Å². The molecule has 3 N–H and O–H groups in total. The highest BCUT2D eigenvalue weighted by Crippen LogP contribution is 2.68. The van der Waals surface area contributed by atoms with Gasteiger partial charge in [-0.2, -0.15) is 0 Å². The highest BCUT2D eigenvalue weighted by Gasteiger charge is 2.62. The van der Waals surface area contributed by atoms with Crippen LogP contribution in [0.1, 0.15) is 85.5 Å². The molecule has 4 fully saturated rings. The lowest BCUT2D eigenvalue weighted by Gasteiger charge is -2.63. The molecule has 4 rings (SSSR count). The summed E-state index contributed by atoms with van der Waals surface area (Å²) in [6.45, 7) is 11.1. The lowest BCUT2D eigenvalue weighted by atomic mass is 9.41. The topological polar surface area (TPSA) is 67.8 Å². The summed E-state index contributed by atoms with van der Waals surface area (Å²) in [5.74, 6) is 3.04. The van der Waals surface area contributed by atoms with Crippen molar-refractivity contribution in [3.05, 3.63) is 0 Å². The maximum atomic E-state index is 10.7. The van der Waals surface area contributed by atoms with Crippen molar-refractivity contribution in [1.29, 1.82) is 0 Å². The van der Waals surface area contributed by atoms with E-state index < -0.39 is 0 Å². The van der Waals surface area contributed by atoms with E-state index in [1.54, 1.807) is 0 Å². The van der Waals surface area contributed by atoms with Crippen molar-refractivity contribution in [2.75, 3.05) is 13.2 Å². The molecule has 0 spiro atoms. The number of aliphatic hydroxyl groups is 1. The Balaban J connectivity index is 1.55. The molecule has 4 aliphatic carbocycles. The summed E-state index contributed by atoms with van der Waals surface area (Å²) in [6, 6.07) is 0. The first-order valence-corrected chi connectivity index (χ1v) is 11.8. The second-order valence-electron chi connectivity index (χ2n) is 11.4. The number of aliphatic hydroxyl groups excluding tert-OH is 1. The second kappa shape index (κ2) is 7.27. The molecular formula is C24H42N2O2. The number of fused-ring (bicyclic) bond motifs is 5. The third-order valence-corrected chi connectivity index (χ3v) is 9.95. The zero-order valence-electron chi connectivity index (χ0n) is 18.5. The number of rotatable bonds is 4. The molecule has 0 aromatic rings. The van der Waals surface area contributed by atoms with Gasteiger partial charge in [0, 0.05) is 5.41 Å². The van der Waals surface area contributed by atoms with Crippen molar-refractivity contribution < 1.29 is 9.94 Å². The van der Waals surface area contributed by atoms with E-state index in [1.807, 2.05) is 0 Å². The average molecular weight is 391 g/mol. The Morgan fingerprint density at radius 3 is 2.50 bits per heavy atom. The van der Waals surface area contributed by atoms with Gasteiger partial charge in [-0.3, -0.25) is 0 Å². The van der Waals surface area contributed by atoms with Crippen molar-refractivity contribution in [1.82, 2.24) is 0 Å². The van der Waals surface area contributed by atoms with Gasteiger partial charge < -0.3 is 15.7 Å².